The van der Waals surface area contributed by atoms with Gasteiger partial charge in [0.1, 0.15) is 0 Å². The standard InChI is InChI=1S/C15H26N2O2/c18-14(17-12-3-4-12)6-10-16-11-13-5-9-15(19-13)7-1-2-8-15/h12-13,16H,1-11H2,(H,17,18). The van der Waals surface area contributed by atoms with Gasteiger partial charge < -0.3 is 15.4 Å². The lowest BCUT2D eigenvalue weighted by Gasteiger charge is -2.23. The topological polar surface area (TPSA) is 50.4 Å². The van der Waals surface area contributed by atoms with Crippen LogP contribution in [-0.2, 0) is 9.53 Å². The third-order valence-electron chi connectivity index (χ3n) is 4.70. The zero-order valence-electron chi connectivity index (χ0n) is 11.7. The molecule has 1 spiro atoms. The summed E-state index contributed by atoms with van der Waals surface area (Å²) in [6.07, 6.45) is 10.9. The van der Waals surface area contributed by atoms with Crippen molar-refractivity contribution in [3.8, 4) is 0 Å². The fourth-order valence-electron chi connectivity index (χ4n) is 3.42. The molecule has 1 aliphatic heterocycles. The van der Waals surface area contributed by atoms with E-state index < -0.39 is 0 Å². The van der Waals surface area contributed by atoms with Gasteiger partial charge in [0.2, 0.25) is 5.91 Å². The third kappa shape index (κ3) is 3.69. The minimum Gasteiger partial charge on any atom is -0.370 e. The van der Waals surface area contributed by atoms with Crippen LogP contribution < -0.4 is 10.6 Å². The summed E-state index contributed by atoms with van der Waals surface area (Å²) in [4.78, 5) is 11.5. The highest BCUT2D eigenvalue weighted by molar-refractivity contribution is 5.76. The monoisotopic (exact) mass is 266 g/mol. The summed E-state index contributed by atoms with van der Waals surface area (Å²) in [5.74, 6) is 0.189. The summed E-state index contributed by atoms with van der Waals surface area (Å²) in [6, 6.07) is 0.480. The Hall–Kier alpha value is -0.610. The third-order valence-corrected chi connectivity index (χ3v) is 4.70. The summed E-state index contributed by atoms with van der Waals surface area (Å²) in [5.41, 5.74) is 0.232. The Bertz CT molecular complexity index is 322. The van der Waals surface area contributed by atoms with Crippen LogP contribution in [0.2, 0.25) is 0 Å². The zero-order chi connectivity index (χ0) is 13.1. The van der Waals surface area contributed by atoms with E-state index in [4.69, 9.17) is 4.74 Å². The van der Waals surface area contributed by atoms with Crippen molar-refractivity contribution >= 4 is 5.91 Å². The predicted molar refractivity (Wildman–Crippen MR) is 74.0 cm³/mol. The molecule has 1 unspecified atom stereocenters. The Morgan fingerprint density at radius 2 is 1.95 bits per heavy atom. The maximum absolute atomic E-state index is 11.5. The van der Waals surface area contributed by atoms with Crippen LogP contribution in [0.25, 0.3) is 0 Å². The predicted octanol–water partition coefficient (Wildman–Crippen LogP) is 1.74. The van der Waals surface area contributed by atoms with E-state index in [2.05, 4.69) is 10.6 Å². The number of amides is 1. The molecule has 4 nitrogen and oxygen atoms in total. The molecule has 1 amide bonds. The highest BCUT2D eigenvalue weighted by atomic mass is 16.5. The summed E-state index contributed by atoms with van der Waals surface area (Å²) in [5, 5.41) is 6.38. The normalized spacial score (nSPS) is 28.9. The maximum Gasteiger partial charge on any atom is 0.221 e. The zero-order valence-corrected chi connectivity index (χ0v) is 11.7. The van der Waals surface area contributed by atoms with Gasteiger partial charge in [0, 0.05) is 25.6 Å². The lowest BCUT2D eigenvalue weighted by atomic mass is 9.98. The second-order valence-corrected chi connectivity index (χ2v) is 6.46. The minimum absolute atomic E-state index is 0.189. The van der Waals surface area contributed by atoms with Gasteiger partial charge in [-0.05, 0) is 38.5 Å². The van der Waals surface area contributed by atoms with Crippen molar-refractivity contribution in [1.82, 2.24) is 10.6 Å². The SMILES string of the molecule is O=C(CCNCC1CCC2(CCCC2)O1)NC1CC1. The van der Waals surface area contributed by atoms with Gasteiger partial charge in [0.15, 0.2) is 0 Å². The molecule has 3 rings (SSSR count). The maximum atomic E-state index is 11.5. The Morgan fingerprint density at radius 3 is 2.68 bits per heavy atom. The first kappa shape index (κ1) is 13.4. The molecule has 1 saturated heterocycles. The first-order chi connectivity index (χ1) is 9.26. The van der Waals surface area contributed by atoms with Crippen LogP contribution in [0.15, 0.2) is 0 Å². The molecule has 108 valence electrons. The molecule has 0 bridgehead atoms. The Morgan fingerprint density at radius 1 is 1.16 bits per heavy atom. The fourth-order valence-corrected chi connectivity index (χ4v) is 3.42. The van der Waals surface area contributed by atoms with E-state index >= 15 is 0 Å². The van der Waals surface area contributed by atoms with Gasteiger partial charge in [0.25, 0.3) is 0 Å². The average molecular weight is 266 g/mol. The van der Waals surface area contributed by atoms with E-state index in [1.54, 1.807) is 0 Å². The molecule has 0 aromatic rings. The number of rotatable bonds is 6. The molecule has 4 heteroatoms. The molecule has 2 aliphatic carbocycles. The van der Waals surface area contributed by atoms with Crippen molar-refractivity contribution in [3.63, 3.8) is 0 Å². The first-order valence-electron chi connectivity index (χ1n) is 7.94. The van der Waals surface area contributed by atoms with Crippen LogP contribution in [0, 0.1) is 0 Å². The van der Waals surface area contributed by atoms with E-state index in [0.29, 0.717) is 18.6 Å². The van der Waals surface area contributed by atoms with E-state index in [0.717, 1.165) is 25.9 Å². The summed E-state index contributed by atoms with van der Waals surface area (Å²) < 4.78 is 6.23. The number of carbonyl (C=O) groups excluding carboxylic acids is 1. The van der Waals surface area contributed by atoms with Gasteiger partial charge in [-0.15, -0.1) is 0 Å². The summed E-state index contributed by atoms with van der Waals surface area (Å²) in [6.45, 7) is 1.67. The van der Waals surface area contributed by atoms with Crippen molar-refractivity contribution in [2.75, 3.05) is 13.1 Å². The second kappa shape index (κ2) is 5.80. The van der Waals surface area contributed by atoms with Crippen molar-refractivity contribution in [2.45, 2.75) is 75.5 Å². The van der Waals surface area contributed by atoms with Crippen molar-refractivity contribution in [2.24, 2.45) is 0 Å². The van der Waals surface area contributed by atoms with Crippen LogP contribution in [0.4, 0.5) is 0 Å². The van der Waals surface area contributed by atoms with Crippen molar-refractivity contribution in [1.29, 1.82) is 0 Å². The molecule has 1 heterocycles. The molecule has 0 aromatic heterocycles. The lowest BCUT2D eigenvalue weighted by molar-refractivity contribution is -0.121. The van der Waals surface area contributed by atoms with Crippen molar-refractivity contribution in [3.05, 3.63) is 0 Å². The number of hydrogen-bond donors (Lipinski definition) is 2. The molecule has 3 aliphatic rings. The van der Waals surface area contributed by atoms with Crippen LogP contribution >= 0.6 is 0 Å². The molecule has 0 aromatic carbocycles. The molecule has 19 heavy (non-hydrogen) atoms. The molecule has 1 atom stereocenters. The van der Waals surface area contributed by atoms with E-state index in [9.17, 15) is 4.79 Å². The Kier molecular flexibility index (Phi) is 4.08. The Balaban J connectivity index is 1.27. The summed E-state index contributed by atoms with van der Waals surface area (Å²) >= 11 is 0. The average Bonchev–Trinajstić information content (AvgIpc) is 2.96. The van der Waals surface area contributed by atoms with Gasteiger partial charge in [-0.1, -0.05) is 12.8 Å². The van der Waals surface area contributed by atoms with Gasteiger partial charge in [0.05, 0.1) is 11.7 Å². The molecule has 3 fully saturated rings. The van der Waals surface area contributed by atoms with Gasteiger partial charge in [-0.2, -0.15) is 0 Å². The van der Waals surface area contributed by atoms with Crippen LogP contribution in [0.1, 0.15) is 57.8 Å². The van der Waals surface area contributed by atoms with Gasteiger partial charge >= 0.3 is 0 Å². The quantitative estimate of drug-likeness (QED) is 0.720. The van der Waals surface area contributed by atoms with E-state index in [1.807, 2.05) is 0 Å². The van der Waals surface area contributed by atoms with Crippen LogP contribution in [-0.4, -0.2) is 36.7 Å². The number of hydrogen-bond acceptors (Lipinski definition) is 3. The molecular weight excluding hydrogens is 240 g/mol. The smallest absolute Gasteiger partial charge is 0.221 e. The lowest BCUT2D eigenvalue weighted by Crippen LogP contribution is -2.34. The summed E-state index contributed by atoms with van der Waals surface area (Å²) in [7, 11) is 0. The molecule has 2 saturated carbocycles. The highest BCUT2D eigenvalue weighted by Crippen LogP contribution is 2.43. The number of carbonyl (C=O) groups is 1. The first-order valence-corrected chi connectivity index (χ1v) is 7.94. The Labute approximate surface area is 115 Å². The largest absolute Gasteiger partial charge is 0.370 e. The minimum atomic E-state index is 0.189. The van der Waals surface area contributed by atoms with E-state index in [1.165, 1.54) is 38.5 Å². The fraction of sp³-hybridized carbons (Fsp3) is 0.933. The highest BCUT2D eigenvalue weighted by Gasteiger charge is 2.41. The van der Waals surface area contributed by atoms with Crippen molar-refractivity contribution < 1.29 is 9.53 Å². The molecule has 0 radical (unpaired) electrons. The number of nitrogens with one attached hydrogen (secondary N) is 2. The van der Waals surface area contributed by atoms with Gasteiger partial charge in [-0.3, -0.25) is 4.79 Å². The van der Waals surface area contributed by atoms with E-state index in [-0.39, 0.29) is 11.5 Å². The van der Waals surface area contributed by atoms with Crippen LogP contribution in [0.3, 0.4) is 0 Å². The molecular formula is C15H26N2O2. The second-order valence-electron chi connectivity index (χ2n) is 6.46. The van der Waals surface area contributed by atoms with Crippen LogP contribution in [0.5, 0.6) is 0 Å². The van der Waals surface area contributed by atoms with Gasteiger partial charge in [-0.25, -0.2) is 0 Å². The molecule has 2 N–H and O–H groups in total. The number of ether oxygens (including phenoxy) is 1.